The Morgan fingerprint density at radius 3 is 2.50 bits per heavy atom. The predicted octanol–water partition coefficient (Wildman–Crippen LogP) is 3.94. The lowest BCUT2D eigenvalue weighted by molar-refractivity contribution is 0.0340. The molecule has 1 fully saturated rings. The molecule has 2 atom stereocenters. The molecule has 0 bridgehead atoms. The van der Waals surface area contributed by atoms with Gasteiger partial charge in [-0.05, 0) is 39.7 Å². The molecule has 0 spiro atoms. The molecule has 1 aliphatic heterocycles. The van der Waals surface area contributed by atoms with Crippen molar-refractivity contribution in [3.63, 3.8) is 0 Å². The number of hydrogen-bond donors (Lipinski definition) is 1. The zero-order valence-corrected chi connectivity index (χ0v) is 12.9. The van der Waals surface area contributed by atoms with Gasteiger partial charge in [-0.1, -0.05) is 45.4 Å². The topological polar surface area (TPSA) is 29.3 Å². The summed E-state index contributed by atoms with van der Waals surface area (Å²) in [4.78, 5) is 2.69. The van der Waals surface area contributed by atoms with Gasteiger partial charge in [0.25, 0.3) is 0 Å². The van der Waals surface area contributed by atoms with Gasteiger partial charge in [-0.15, -0.1) is 0 Å². The fourth-order valence-electron chi connectivity index (χ4n) is 3.37. The van der Waals surface area contributed by atoms with E-state index in [2.05, 4.69) is 25.7 Å². The van der Waals surface area contributed by atoms with Crippen LogP contribution in [0, 0.1) is 0 Å². The number of unbranched alkanes of at least 4 members (excludes halogenated alkanes) is 4. The second kappa shape index (κ2) is 8.16. The minimum absolute atomic E-state index is 0.242. The summed E-state index contributed by atoms with van der Waals surface area (Å²) in [5, 5.41) is 0. The molecule has 2 nitrogen and oxygen atoms in total. The highest BCUT2D eigenvalue weighted by Gasteiger charge is 2.34. The van der Waals surface area contributed by atoms with Crippen LogP contribution in [0.15, 0.2) is 0 Å². The zero-order valence-electron chi connectivity index (χ0n) is 12.9. The molecule has 0 radical (unpaired) electrons. The van der Waals surface area contributed by atoms with Crippen molar-refractivity contribution < 1.29 is 0 Å². The lowest BCUT2D eigenvalue weighted by atomic mass is 9.87. The summed E-state index contributed by atoms with van der Waals surface area (Å²) >= 11 is 0. The summed E-state index contributed by atoms with van der Waals surface area (Å²) in [6.45, 7) is 9.10. The van der Waals surface area contributed by atoms with Gasteiger partial charge in [-0.25, -0.2) is 0 Å². The van der Waals surface area contributed by atoms with E-state index in [-0.39, 0.29) is 5.54 Å². The van der Waals surface area contributed by atoms with Crippen LogP contribution >= 0.6 is 0 Å². The van der Waals surface area contributed by atoms with Gasteiger partial charge < -0.3 is 5.73 Å². The Hall–Kier alpha value is -0.0800. The van der Waals surface area contributed by atoms with Crippen molar-refractivity contribution in [2.75, 3.05) is 13.1 Å². The summed E-state index contributed by atoms with van der Waals surface area (Å²) in [5.74, 6) is 0. The summed E-state index contributed by atoms with van der Waals surface area (Å²) in [5.41, 5.74) is 6.34. The molecule has 1 heterocycles. The van der Waals surface area contributed by atoms with E-state index in [1.807, 2.05) is 0 Å². The highest BCUT2D eigenvalue weighted by Crippen LogP contribution is 2.29. The molecule has 18 heavy (non-hydrogen) atoms. The molecule has 1 rings (SSSR count). The van der Waals surface area contributed by atoms with Crippen molar-refractivity contribution in [3.05, 3.63) is 0 Å². The van der Waals surface area contributed by atoms with Crippen LogP contribution in [-0.4, -0.2) is 29.6 Å². The van der Waals surface area contributed by atoms with E-state index in [9.17, 15) is 0 Å². The molecule has 108 valence electrons. The van der Waals surface area contributed by atoms with Crippen molar-refractivity contribution in [2.45, 2.75) is 90.1 Å². The zero-order chi connectivity index (χ0) is 13.4. The van der Waals surface area contributed by atoms with Crippen LogP contribution in [0.2, 0.25) is 0 Å². The standard InChI is InChI=1S/C16H34N2/c1-4-5-6-7-9-12-16(3,14-17)18-13-10-8-11-15(18)2/h15H,4-14,17H2,1-3H3. The highest BCUT2D eigenvalue weighted by molar-refractivity contribution is 4.91. The minimum Gasteiger partial charge on any atom is -0.329 e. The summed E-state index contributed by atoms with van der Waals surface area (Å²) < 4.78 is 0. The largest absolute Gasteiger partial charge is 0.329 e. The molecule has 2 N–H and O–H groups in total. The normalized spacial score (nSPS) is 25.0. The second-order valence-corrected chi connectivity index (χ2v) is 6.40. The molecule has 0 amide bonds. The predicted molar refractivity (Wildman–Crippen MR) is 80.9 cm³/mol. The molecular formula is C16H34N2. The van der Waals surface area contributed by atoms with Gasteiger partial charge in [-0.3, -0.25) is 4.90 Å². The van der Waals surface area contributed by atoms with Gasteiger partial charge in [0.15, 0.2) is 0 Å². The van der Waals surface area contributed by atoms with Crippen molar-refractivity contribution in [3.8, 4) is 0 Å². The van der Waals surface area contributed by atoms with Crippen molar-refractivity contribution in [1.29, 1.82) is 0 Å². The third kappa shape index (κ3) is 4.55. The Kier molecular flexibility index (Phi) is 7.25. The van der Waals surface area contributed by atoms with Crippen LogP contribution in [0.1, 0.15) is 78.6 Å². The van der Waals surface area contributed by atoms with Gasteiger partial charge >= 0.3 is 0 Å². The summed E-state index contributed by atoms with van der Waals surface area (Å²) in [6.07, 6.45) is 12.2. The lowest BCUT2D eigenvalue weighted by Crippen LogP contribution is -2.56. The molecule has 0 saturated carbocycles. The molecule has 0 aliphatic carbocycles. The first kappa shape index (κ1) is 16.0. The first-order valence-corrected chi connectivity index (χ1v) is 8.11. The number of rotatable bonds is 8. The lowest BCUT2D eigenvalue weighted by Gasteiger charge is -2.47. The molecular weight excluding hydrogens is 220 g/mol. The maximum absolute atomic E-state index is 6.10. The first-order chi connectivity index (χ1) is 8.64. The average Bonchev–Trinajstić information content (AvgIpc) is 2.39. The van der Waals surface area contributed by atoms with Gasteiger partial charge in [0.2, 0.25) is 0 Å². The van der Waals surface area contributed by atoms with E-state index in [0.717, 1.165) is 12.6 Å². The molecule has 1 aliphatic rings. The fraction of sp³-hybridized carbons (Fsp3) is 1.00. The SMILES string of the molecule is CCCCCCCC(C)(CN)N1CCCCC1C. The van der Waals surface area contributed by atoms with E-state index >= 15 is 0 Å². The molecule has 2 unspecified atom stereocenters. The number of hydrogen-bond acceptors (Lipinski definition) is 2. The van der Waals surface area contributed by atoms with Crippen molar-refractivity contribution in [2.24, 2.45) is 5.73 Å². The molecule has 0 aromatic carbocycles. The van der Waals surface area contributed by atoms with Crippen LogP contribution < -0.4 is 5.73 Å². The molecule has 0 aromatic heterocycles. The van der Waals surface area contributed by atoms with Gasteiger partial charge in [0, 0.05) is 18.1 Å². The Bertz CT molecular complexity index is 217. The van der Waals surface area contributed by atoms with E-state index in [1.165, 1.54) is 64.3 Å². The van der Waals surface area contributed by atoms with Gasteiger partial charge in [0.05, 0.1) is 0 Å². The van der Waals surface area contributed by atoms with E-state index in [4.69, 9.17) is 5.73 Å². The van der Waals surface area contributed by atoms with Crippen LogP contribution in [0.25, 0.3) is 0 Å². The smallest absolute Gasteiger partial charge is 0.0306 e. The number of nitrogens with zero attached hydrogens (tertiary/aromatic N) is 1. The van der Waals surface area contributed by atoms with E-state index in [1.54, 1.807) is 0 Å². The van der Waals surface area contributed by atoms with Gasteiger partial charge in [0.1, 0.15) is 0 Å². The van der Waals surface area contributed by atoms with Crippen LogP contribution in [0.5, 0.6) is 0 Å². The second-order valence-electron chi connectivity index (χ2n) is 6.40. The summed E-state index contributed by atoms with van der Waals surface area (Å²) in [6, 6.07) is 0.725. The van der Waals surface area contributed by atoms with Crippen LogP contribution in [0.4, 0.5) is 0 Å². The monoisotopic (exact) mass is 254 g/mol. The Balaban J connectivity index is 2.39. The van der Waals surface area contributed by atoms with E-state index in [0.29, 0.717) is 0 Å². The number of nitrogens with two attached hydrogens (primary N) is 1. The Morgan fingerprint density at radius 2 is 1.89 bits per heavy atom. The van der Waals surface area contributed by atoms with Crippen LogP contribution in [0.3, 0.4) is 0 Å². The number of likely N-dealkylation sites (tertiary alicyclic amines) is 1. The Labute approximate surface area is 114 Å². The molecule has 2 heteroatoms. The highest BCUT2D eigenvalue weighted by atomic mass is 15.2. The average molecular weight is 254 g/mol. The van der Waals surface area contributed by atoms with Crippen molar-refractivity contribution >= 4 is 0 Å². The first-order valence-electron chi connectivity index (χ1n) is 8.11. The summed E-state index contributed by atoms with van der Waals surface area (Å²) in [7, 11) is 0. The maximum atomic E-state index is 6.10. The number of piperidine rings is 1. The van der Waals surface area contributed by atoms with Gasteiger partial charge in [-0.2, -0.15) is 0 Å². The third-order valence-corrected chi connectivity index (χ3v) is 4.76. The van der Waals surface area contributed by atoms with E-state index < -0.39 is 0 Å². The third-order valence-electron chi connectivity index (χ3n) is 4.76. The molecule has 1 saturated heterocycles. The quantitative estimate of drug-likeness (QED) is 0.665. The molecule has 0 aromatic rings. The van der Waals surface area contributed by atoms with Crippen molar-refractivity contribution in [1.82, 2.24) is 4.90 Å². The maximum Gasteiger partial charge on any atom is 0.0306 e. The Morgan fingerprint density at radius 1 is 1.17 bits per heavy atom. The fourth-order valence-corrected chi connectivity index (χ4v) is 3.37. The minimum atomic E-state index is 0.242. The van der Waals surface area contributed by atoms with Crippen LogP contribution in [-0.2, 0) is 0 Å².